The molecule has 0 radical (unpaired) electrons. The number of alkyl halides is 2. The molecule has 164 valence electrons. The van der Waals surface area contributed by atoms with Crippen molar-refractivity contribution in [3.05, 3.63) is 58.9 Å². The topological polar surface area (TPSA) is 64.7 Å². The number of hydrogen-bond acceptors (Lipinski definition) is 5. The first-order valence-electron chi connectivity index (χ1n) is 9.97. The fraction of sp³-hybridized carbons (Fsp3) is 0.455. The second-order valence-corrected chi connectivity index (χ2v) is 9.17. The smallest absolute Gasteiger partial charge is 0.314 e. The summed E-state index contributed by atoms with van der Waals surface area (Å²) in [5.74, 6) is -2.21. The van der Waals surface area contributed by atoms with Gasteiger partial charge in [-0.05, 0) is 54.9 Å². The van der Waals surface area contributed by atoms with E-state index in [1.54, 1.807) is 13.0 Å². The highest BCUT2D eigenvalue weighted by molar-refractivity contribution is 5.62. The van der Waals surface area contributed by atoms with Gasteiger partial charge in [-0.2, -0.15) is 13.9 Å². The zero-order valence-electron chi connectivity index (χ0n) is 17.6. The molecule has 0 amide bonds. The molecule has 2 aromatic heterocycles. The Balaban J connectivity index is 1.91. The van der Waals surface area contributed by atoms with Crippen LogP contribution in [0, 0.1) is 17.0 Å². The van der Waals surface area contributed by atoms with Crippen LogP contribution in [0.4, 0.5) is 17.6 Å². The first kappa shape index (κ1) is 21.4. The third kappa shape index (κ3) is 3.59. The van der Waals surface area contributed by atoms with Crippen molar-refractivity contribution in [2.45, 2.75) is 58.3 Å². The van der Waals surface area contributed by atoms with Gasteiger partial charge in [0.05, 0.1) is 22.4 Å². The molecule has 1 aromatic carbocycles. The van der Waals surface area contributed by atoms with Crippen molar-refractivity contribution in [2.24, 2.45) is 5.41 Å². The summed E-state index contributed by atoms with van der Waals surface area (Å²) in [4.78, 5) is 0. The van der Waals surface area contributed by atoms with Gasteiger partial charge in [0, 0.05) is 0 Å². The van der Waals surface area contributed by atoms with E-state index in [2.05, 4.69) is 41.2 Å². The second kappa shape index (κ2) is 7.39. The van der Waals surface area contributed by atoms with Crippen molar-refractivity contribution >= 4 is 0 Å². The van der Waals surface area contributed by atoms with Crippen molar-refractivity contribution in [1.29, 1.82) is 0 Å². The quantitative estimate of drug-likeness (QED) is 0.475. The van der Waals surface area contributed by atoms with Gasteiger partial charge in [0.2, 0.25) is 5.89 Å². The SMILES string of the molecule is CC(C)(C)[C@H]1CC[C@](C)(c2nnc(C(F)F)o2)c2nnc(-c3c(F)cccc3F)cc21. The molecule has 0 fully saturated rings. The lowest BCUT2D eigenvalue weighted by Gasteiger charge is -2.41. The molecule has 5 nitrogen and oxygen atoms in total. The second-order valence-electron chi connectivity index (χ2n) is 9.17. The highest BCUT2D eigenvalue weighted by Gasteiger charge is 2.46. The lowest BCUT2D eigenvalue weighted by Crippen LogP contribution is -2.36. The molecular weight excluding hydrogens is 412 g/mol. The predicted octanol–water partition coefficient (Wildman–Crippen LogP) is 5.97. The normalized spacial score (nSPS) is 21.4. The van der Waals surface area contributed by atoms with Gasteiger partial charge in [-0.1, -0.05) is 26.8 Å². The molecule has 1 aliphatic rings. The van der Waals surface area contributed by atoms with Crippen LogP contribution < -0.4 is 0 Å². The summed E-state index contributed by atoms with van der Waals surface area (Å²) in [6.45, 7) is 7.98. The van der Waals surface area contributed by atoms with Crippen molar-refractivity contribution in [3.8, 4) is 11.3 Å². The Morgan fingerprint density at radius 2 is 1.74 bits per heavy atom. The number of fused-ring (bicyclic) bond motifs is 1. The molecule has 0 saturated carbocycles. The Bertz CT molecular complexity index is 1100. The summed E-state index contributed by atoms with van der Waals surface area (Å²) in [6.07, 6.45) is -1.69. The summed E-state index contributed by atoms with van der Waals surface area (Å²) in [5, 5.41) is 15.7. The first-order valence-corrected chi connectivity index (χ1v) is 9.97. The first-order chi connectivity index (χ1) is 14.5. The van der Waals surface area contributed by atoms with E-state index in [1.165, 1.54) is 6.07 Å². The fourth-order valence-electron chi connectivity index (χ4n) is 4.33. The van der Waals surface area contributed by atoms with E-state index in [4.69, 9.17) is 4.42 Å². The molecule has 4 rings (SSSR count). The zero-order valence-corrected chi connectivity index (χ0v) is 17.6. The lowest BCUT2D eigenvalue weighted by atomic mass is 9.63. The van der Waals surface area contributed by atoms with Crippen molar-refractivity contribution < 1.29 is 22.0 Å². The maximum atomic E-state index is 14.4. The van der Waals surface area contributed by atoms with Crippen molar-refractivity contribution in [3.63, 3.8) is 0 Å². The molecule has 0 saturated heterocycles. The molecule has 3 aromatic rings. The van der Waals surface area contributed by atoms with Crippen LogP contribution in [0.15, 0.2) is 28.7 Å². The minimum Gasteiger partial charge on any atom is -0.419 e. The van der Waals surface area contributed by atoms with Gasteiger partial charge < -0.3 is 4.42 Å². The van der Waals surface area contributed by atoms with Gasteiger partial charge in [0.15, 0.2) is 0 Å². The van der Waals surface area contributed by atoms with Crippen molar-refractivity contribution in [1.82, 2.24) is 20.4 Å². The Morgan fingerprint density at radius 3 is 2.32 bits per heavy atom. The summed E-state index contributed by atoms with van der Waals surface area (Å²) >= 11 is 0. The third-order valence-corrected chi connectivity index (χ3v) is 6.02. The van der Waals surface area contributed by atoms with Crippen LogP contribution in [0.1, 0.15) is 75.9 Å². The van der Waals surface area contributed by atoms with Gasteiger partial charge in [-0.25, -0.2) is 8.78 Å². The van der Waals surface area contributed by atoms with E-state index in [9.17, 15) is 17.6 Å². The van der Waals surface area contributed by atoms with E-state index in [0.717, 1.165) is 17.7 Å². The number of nitrogens with zero attached hydrogens (tertiary/aromatic N) is 4. The van der Waals surface area contributed by atoms with E-state index in [1.807, 2.05) is 0 Å². The zero-order chi connectivity index (χ0) is 22.6. The molecule has 0 N–H and O–H groups in total. The molecule has 0 spiro atoms. The number of hydrogen-bond donors (Lipinski definition) is 0. The monoisotopic (exact) mass is 434 g/mol. The summed E-state index contributed by atoms with van der Waals surface area (Å²) in [6, 6.07) is 5.25. The van der Waals surface area contributed by atoms with Crippen LogP contribution in [-0.2, 0) is 5.41 Å². The maximum absolute atomic E-state index is 14.4. The largest absolute Gasteiger partial charge is 0.419 e. The van der Waals surface area contributed by atoms with Crippen LogP contribution in [-0.4, -0.2) is 20.4 Å². The highest BCUT2D eigenvalue weighted by Crippen LogP contribution is 2.51. The van der Waals surface area contributed by atoms with Gasteiger partial charge in [0.1, 0.15) is 11.6 Å². The molecule has 0 aliphatic heterocycles. The predicted molar refractivity (Wildman–Crippen MR) is 105 cm³/mol. The standard InChI is InChI=1S/C22H22F4N4O/c1-21(2,3)12-8-9-22(4,20-30-29-19(31-20)18(25)26)17-11(12)10-15(27-28-17)16-13(23)6-5-7-14(16)24/h5-7,10,12,18H,8-9H2,1-4H3/t12-,22-/m0/s1. The maximum Gasteiger partial charge on any atom is 0.314 e. The molecule has 1 aliphatic carbocycles. The van der Waals surface area contributed by atoms with Gasteiger partial charge in [-0.3, -0.25) is 0 Å². The van der Waals surface area contributed by atoms with Gasteiger partial charge in [0.25, 0.3) is 5.89 Å². The van der Waals surface area contributed by atoms with Crippen molar-refractivity contribution in [2.75, 3.05) is 0 Å². The molecule has 9 heteroatoms. The van der Waals surface area contributed by atoms with Crippen LogP contribution in [0.3, 0.4) is 0 Å². The molecular formula is C22H22F4N4O. The Hall–Kier alpha value is -2.84. The summed E-state index contributed by atoms with van der Waals surface area (Å²) < 4.78 is 60.0. The van der Waals surface area contributed by atoms with Crippen LogP contribution in [0.25, 0.3) is 11.3 Å². The number of rotatable bonds is 3. The third-order valence-electron chi connectivity index (χ3n) is 6.02. The molecule has 0 bridgehead atoms. The van der Waals surface area contributed by atoms with Gasteiger partial charge in [-0.15, -0.1) is 15.3 Å². The van der Waals surface area contributed by atoms with E-state index in [-0.39, 0.29) is 28.5 Å². The molecule has 2 atom stereocenters. The highest BCUT2D eigenvalue weighted by atomic mass is 19.3. The summed E-state index contributed by atoms with van der Waals surface area (Å²) in [5.41, 5.74) is -0.0829. The Kier molecular flexibility index (Phi) is 5.10. The van der Waals surface area contributed by atoms with Gasteiger partial charge >= 0.3 is 6.43 Å². The minimum absolute atomic E-state index is 0.00264. The number of benzene rings is 1. The number of halogens is 4. The van der Waals surface area contributed by atoms with E-state index >= 15 is 0 Å². The lowest BCUT2D eigenvalue weighted by molar-refractivity contribution is 0.110. The minimum atomic E-state index is -2.88. The van der Waals surface area contributed by atoms with E-state index in [0.29, 0.717) is 18.5 Å². The average Bonchev–Trinajstić information content (AvgIpc) is 3.18. The van der Waals surface area contributed by atoms with E-state index < -0.39 is 29.4 Å². The number of aromatic nitrogens is 4. The molecule has 31 heavy (non-hydrogen) atoms. The fourth-order valence-corrected chi connectivity index (χ4v) is 4.33. The Morgan fingerprint density at radius 1 is 1.06 bits per heavy atom. The Labute approximate surface area is 176 Å². The summed E-state index contributed by atoms with van der Waals surface area (Å²) in [7, 11) is 0. The van der Waals surface area contributed by atoms with Crippen LogP contribution in [0.2, 0.25) is 0 Å². The van der Waals surface area contributed by atoms with Crippen LogP contribution in [0.5, 0.6) is 0 Å². The average molecular weight is 434 g/mol. The van der Waals surface area contributed by atoms with Crippen LogP contribution >= 0.6 is 0 Å². The molecule has 0 unspecified atom stereocenters. The molecule has 2 heterocycles.